The SMILES string of the molecule is CCOC1(c2ccc(-c3cc4c(N5CCN(C(O)OC6COC6)CC5)ccnn4c3)nc2)CCN(C(C)CF)CC1. The van der Waals surface area contributed by atoms with Gasteiger partial charge in [0, 0.05) is 81.6 Å². The summed E-state index contributed by atoms with van der Waals surface area (Å²) in [5.41, 5.74) is 4.69. The van der Waals surface area contributed by atoms with Crippen molar-refractivity contribution in [3.05, 3.63) is 48.4 Å². The number of hydrogen-bond acceptors (Lipinski definition) is 9. The van der Waals surface area contributed by atoms with Gasteiger partial charge in [-0.2, -0.15) is 5.10 Å². The van der Waals surface area contributed by atoms with E-state index >= 15 is 0 Å². The molecule has 2 unspecified atom stereocenters. The molecule has 2 atom stereocenters. The van der Waals surface area contributed by atoms with Gasteiger partial charge in [0.15, 0.2) is 0 Å². The van der Waals surface area contributed by atoms with Crippen LogP contribution in [0.1, 0.15) is 32.3 Å². The highest BCUT2D eigenvalue weighted by molar-refractivity contribution is 5.79. The van der Waals surface area contributed by atoms with Gasteiger partial charge in [0.05, 0.1) is 35.7 Å². The van der Waals surface area contributed by atoms with Gasteiger partial charge in [-0.25, -0.2) is 8.91 Å². The molecule has 6 rings (SSSR count). The van der Waals surface area contributed by atoms with E-state index in [0.717, 1.165) is 67.0 Å². The van der Waals surface area contributed by atoms with E-state index in [9.17, 15) is 9.50 Å². The zero-order valence-electron chi connectivity index (χ0n) is 24.0. The second-order valence-corrected chi connectivity index (χ2v) is 11.3. The first-order valence-electron chi connectivity index (χ1n) is 14.8. The predicted octanol–water partition coefficient (Wildman–Crippen LogP) is 2.90. The fourth-order valence-electron chi connectivity index (χ4n) is 6.19. The highest BCUT2D eigenvalue weighted by atomic mass is 19.1. The molecule has 0 aromatic carbocycles. The van der Waals surface area contributed by atoms with Crippen LogP contribution in [-0.4, -0.2) is 114 Å². The van der Waals surface area contributed by atoms with Gasteiger partial charge in [0.25, 0.3) is 0 Å². The van der Waals surface area contributed by atoms with Crippen LogP contribution in [0.5, 0.6) is 0 Å². The minimum absolute atomic E-state index is 0.0152. The van der Waals surface area contributed by atoms with Crippen molar-refractivity contribution in [2.75, 3.05) is 70.7 Å². The summed E-state index contributed by atoms with van der Waals surface area (Å²) in [5, 5.41) is 15.0. The minimum atomic E-state index is -0.898. The maximum absolute atomic E-state index is 13.2. The Kier molecular flexibility index (Phi) is 8.52. The van der Waals surface area contributed by atoms with Crippen LogP contribution in [0.2, 0.25) is 0 Å². The fourth-order valence-corrected chi connectivity index (χ4v) is 6.19. The topological polar surface area (TPSA) is 87.8 Å². The van der Waals surface area contributed by atoms with Crippen LogP contribution >= 0.6 is 0 Å². The first-order valence-corrected chi connectivity index (χ1v) is 14.8. The number of fused-ring (bicyclic) bond motifs is 1. The average Bonchev–Trinajstić information content (AvgIpc) is 3.44. The number of piperidine rings is 1. The molecule has 0 radical (unpaired) electrons. The molecular weight excluding hydrogens is 527 g/mol. The molecule has 41 heavy (non-hydrogen) atoms. The van der Waals surface area contributed by atoms with Crippen LogP contribution in [0.4, 0.5) is 10.1 Å². The molecule has 10 nitrogen and oxygen atoms in total. The molecule has 0 spiro atoms. The van der Waals surface area contributed by atoms with Crippen molar-refractivity contribution in [2.24, 2.45) is 0 Å². The van der Waals surface area contributed by atoms with E-state index in [1.165, 1.54) is 0 Å². The third-order valence-corrected chi connectivity index (χ3v) is 8.83. The molecule has 3 aliphatic heterocycles. The Morgan fingerprint density at radius 2 is 1.88 bits per heavy atom. The van der Waals surface area contributed by atoms with Crippen LogP contribution in [-0.2, 0) is 19.8 Å². The Morgan fingerprint density at radius 1 is 1.10 bits per heavy atom. The summed E-state index contributed by atoms with van der Waals surface area (Å²) >= 11 is 0. The second-order valence-electron chi connectivity index (χ2n) is 11.3. The van der Waals surface area contributed by atoms with Crippen molar-refractivity contribution in [2.45, 2.75) is 50.8 Å². The largest absolute Gasteiger partial charge is 0.376 e. The number of aromatic nitrogens is 3. The van der Waals surface area contributed by atoms with E-state index in [2.05, 4.69) is 33.1 Å². The number of nitrogens with zero attached hydrogens (tertiary/aromatic N) is 6. The van der Waals surface area contributed by atoms with E-state index in [0.29, 0.717) is 32.9 Å². The van der Waals surface area contributed by atoms with Crippen molar-refractivity contribution in [3.63, 3.8) is 0 Å². The lowest BCUT2D eigenvalue weighted by molar-refractivity contribution is -0.262. The maximum atomic E-state index is 13.2. The normalized spacial score (nSPS) is 22.1. The smallest absolute Gasteiger partial charge is 0.216 e. The first-order chi connectivity index (χ1) is 20.0. The Morgan fingerprint density at radius 3 is 2.51 bits per heavy atom. The van der Waals surface area contributed by atoms with Gasteiger partial charge in [-0.1, -0.05) is 6.07 Å². The summed E-state index contributed by atoms with van der Waals surface area (Å²) in [7, 11) is 0. The summed E-state index contributed by atoms with van der Waals surface area (Å²) < 4.78 is 32.3. The third kappa shape index (κ3) is 5.84. The summed E-state index contributed by atoms with van der Waals surface area (Å²) in [5.74, 6) is 0. The zero-order chi connectivity index (χ0) is 28.4. The number of halogens is 1. The van der Waals surface area contributed by atoms with Crippen LogP contribution in [0.3, 0.4) is 0 Å². The molecule has 3 aliphatic rings. The minimum Gasteiger partial charge on any atom is -0.376 e. The van der Waals surface area contributed by atoms with E-state index in [4.69, 9.17) is 19.2 Å². The number of anilines is 1. The van der Waals surface area contributed by atoms with E-state index in [-0.39, 0.29) is 24.4 Å². The zero-order valence-corrected chi connectivity index (χ0v) is 24.0. The number of aliphatic hydroxyl groups excluding tert-OH is 1. The highest BCUT2D eigenvalue weighted by Gasteiger charge is 2.38. The van der Waals surface area contributed by atoms with E-state index < -0.39 is 6.41 Å². The molecule has 3 aromatic rings. The number of aliphatic hydroxyl groups is 1. The number of ether oxygens (including phenoxy) is 3. The summed E-state index contributed by atoms with van der Waals surface area (Å²) in [6.45, 7) is 9.92. The number of rotatable bonds is 10. The number of pyridine rings is 1. The lowest BCUT2D eigenvalue weighted by Crippen LogP contribution is -2.53. The average molecular weight is 569 g/mol. The molecule has 3 saturated heterocycles. The van der Waals surface area contributed by atoms with Gasteiger partial charge in [0.1, 0.15) is 12.8 Å². The standard InChI is InChI=1S/C30H41FN6O4/c1-3-40-30(7-10-34(11-8-30)22(2)17-31)24-4-5-26(32-18-24)23-16-28-27(6-9-33-37(28)19-23)35-12-14-36(15-13-35)29(38)41-25-20-39-21-25/h4-6,9,16,18-19,22,25,29,38H,3,7-8,10-15,17,20-21H2,1-2H3. The molecule has 6 heterocycles. The van der Waals surface area contributed by atoms with Crippen molar-refractivity contribution < 1.29 is 23.7 Å². The second kappa shape index (κ2) is 12.3. The van der Waals surface area contributed by atoms with Crippen LogP contribution in [0.25, 0.3) is 16.8 Å². The first kappa shape index (κ1) is 28.4. The predicted molar refractivity (Wildman–Crippen MR) is 153 cm³/mol. The van der Waals surface area contributed by atoms with Crippen LogP contribution in [0, 0.1) is 0 Å². The Hall–Kier alpha value is -2.67. The lowest BCUT2D eigenvalue weighted by Gasteiger charge is -2.43. The third-order valence-electron chi connectivity index (χ3n) is 8.83. The van der Waals surface area contributed by atoms with Gasteiger partial charge in [0.2, 0.25) is 6.41 Å². The number of hydrogen-bond donors (Lipinski definition) is 1. The quantitative estimate of drug-likeness (QED) is 0.371. The monoisotopic (exact) mass is 568 g/mol. The maximum Gasteiger partial charge on any atom is 0.216 e. The highest BCUT2D eigenvalue weighted by Crippen LogP contribution is 2.38. The Bertz CT molecular complexity index is 1290. The molecular formula is C30H41FN6O4. The van der Waals surface area contributed by atoms with Gasteiger partial charge in [-0.05, 0) is 44.9 Å². The van der Waals surface area contributed by atoms with Crippen LogP contribution in [0.15, 0.2) is 42.9 Å². The summed E-state index contributed by atoms with van der Waals surface area (Å²) in [4.78, 5) is 11.4. The summed E-state index contributed by atoms with van der Waals surface area (Å²) in [6.07, 6.45) is 6.51. The van der Waals surface area contributed by atoms with Gasteiger partial charge < -0.3 is 24.2 Å². The molecule has 0 saturated carbocycles. The Labute approximate surface area is 240 Å². The number of piperazine rings is 1. The fraction of sp³-hybridized carbons (Fsp3) is 0.600. The Balaban J connectivity index is 1.15. The molecule has 1 N–H and O–H groups in total. The van der Waals surface area contributed by atoms with Gasteiger partial charge >= 0.3 is 0 Å². The molecule has 0 bridgehead atoms. The van der Waals surface area contributed by atoms with Crippen molar-refractivity contribution in [1.29, 1.82) is 0 Å². The van der Waals surface area contributed by atoms with Gasteiger partial charge in [-0.15, -0.1) is 0 Å². The molecule has 222 valence electrons. The van der Waals surface area contributed by atoms with E-state index in [1.807, 2.05) is 47.9 Å². The lowest BCUT2D eigenvalue weighted by atomic mass is 9.84. The summed E-state index contributed by atoms with van der Waals surface area (Å²) in [6, 6.07) is 8.32. The molecule has 11 heteroatoms. The van der Waals surface area contributed by atoms with Gasteiger partial charge in [-0.3, -0.25) is 14.8 Å². The van der Waals surface area contributed by atoms with Crippen molar-refractivity contribution >= 4 is 11.2 Å². The number of alkyl halides is 1. The molecule has 3 aromatic heterocycles. The van der Waals surface area contributed by atoms with Crippen LogP contribution < -0.4 is 4.90 Å². The number of likely N-dealkylation sites (tertiary alicyclic amines) is 1. The van der Waals surface area contributed by atoms with Crippen molar-refractivity contribution in [3.8, 4) is 11.3 Å². The molecule has 0 amide bonds. The molecule has 3 fully saturated rings. The molecule has 0 aliphatic carbocycles. The van der Waals surface area contributed by atoms with Crippen molar-refractivity contribution in [1.82, 2.24) is 24.4 Å². The van der Waals surface area contributed by atoms with E-state index in [1.54, 1.807) is 0 Å².